The molecule has 0 aromatic carbocycles. The number of carbonyl (C=O) groups is 3. The Morgan fingerprint density at radius 1 is 1.29 bits per heavy atom. The van der Waals surface area contributed by atoms with Crippen LogP contribution in [0.5, 0.6) is 0 Å². The SMILES string of the molecule is CNC(C(=O)N1CCCC1C(=O)NCC(C)=O)C(C)(C)C. The minimum atomic E-state index is -0.463. The molecule has 6 nitrogen and oxygen atoms in total. The first-order valence-corrected chi connectivity index (χ1v) is 7.43. The van der Waals surface area contributed by atoms with Gasteiger partial charge in [-0.05, 0) is 32.2 Å². The summed E-state index contributed by atoms with van der Waals surface area (Å²) in [7, 11) is 1.76. The number of amides is 2. The van der Waals surface area contributed by atoms with Crippen molar-refractivity contribution in [2.45, 2.75) is 52.6 Å². The van der Waals surface area contributed by atoms with Crippen LogP contribution >= 0.6 is 0 Å². The summed E-state index contributed by atoms with van der Waals surface area (Å²) in [5, 5.41) is 5.65. The van der Waals surface area contributed by atoms with Gasteiger partial charge in [0.15, 0.2) is 0 Å². The summed E-state index contributed by atoms with van der Waals surface area (Å²) in [4.78, 5) is 37.4. The standard InChI is InChI=1S/C15H27N3O3/c1-10(19)9-17-13(20)11-7-6-8-18(11)14(21)12(16-5)15(2,3)4/h11-12,16H,6-9H2,1-5H3,(H,17,20). The normalized spacial score (nSPS) is 20.2. The van der Waals surface area contributed by atoms with Gasteiger partial charge in [0.1, 0.15) is 11.8 Å². The highest BCUT2D eigenvalue weighted by molar-refractivity contribution is 5.92. The Morgan fingerprint density at radius 3 is 2.38 bits per heavy atom. The number of likely N-dealkylation sites (N-methyl/N-ethyl adjacent to an activating group) is 1. The van der Waals surface area contributed by atoms with Gasteiger partial charge >= 0.3 is 0 Å². The van der Waals surface area contributed by atoms with Crippen molar-refractivity contribution in [3.05, 3.63) is 0 Å². The lowest BCUT2D eigenvalue weighted by atomic mass is 9.86. The van der Waals surface area contributed by atoms with Crippen molar-refractivity contribution in [3.63, 3.8) is 0 Å². The number of hydrogen-bond acceptors (Lipinski definition) is 4. The van der Waals surface area contributed by atoms with Crippen LogP contribution in [0.2, 0.25) is 0 Å². The number of hydrogen-bond donors (Lipinski definition) is 2. The first-order valence-electron chi connectivity index (χ1n) is 7.43. The Balaban J connectivity index is 2.78. The number of carbonyl (C=O) groups excluding carboxylic acids is 3. The van der Waals surface area contributed by atoms with E-state index in [0.717, 1.165) is 6.42 Å². The molecular weight excluding hydrogens is 270 g/mol. The summed E-state index contributed by atoms with van der Waals surface area (Å²) >= 11 is 0. The number of likely N-dealkylation sites (tertiary alicyclic amines) is 1. The van der Waals surface area contributed by atoms with Crippen molar-refractivity contribution >= 4 is 17.6 Å². The van der Waals surface area contributed by atoms with Crippen molar-refractivity contribution < 1.29 is 14.4 Å². The van der Waals surface area contributed by atoms with E-state index in [2.05, 4.69) is 10.6 Å². The van der Waals surface area contributed by atoms with Crippen LogP contribution in [0.3, 0.4) is 0 Å². The molecule has 0 bridgehead atoms. The van der Waals surface area contributed by atoms with Gasteiger partial charge in [0, 0.05) is 6.54 Å². The van der Waals surface area contributed by atoms with Crippen LogP contribution in [0.4, 0.5) is 0 Å². The average Bonchev–Trinajstić information content (AvgIpc) is 2.83. The van der Waals surface area contributed by atoms with Gasteiger partial charge in [-0.1, -0.05) is 20.8 Å². The van der Waals surface area contributed by atoms with Crippen molar-refractivity contribution in [3.8, 4) is 0 Å². The Bertz CT molecular complexity index is 415. The van der Waals surface area contributed by atoms with Gasteiger partial charge < -0.3 is 15.5 Å². The van der Waals surface area contributed by atoms with E-state index in [-0.39, 0.29) is 35.6 Å². The molecule has 2 N–H and O–H groups in total. The molecule has 0 saturated carbocycles. The minimum absolute atomic E-state index is 0.0199. The molecule has 0 aromatic rings. The highest BCUT2D eigenvalue weighted by atomic mass is 16.2. The zero-order chi connectivity index (χ0) is 16.2. The summed E-state index contributed by atoms with van der Waals surface area (Å²) in [5.74, 6) is -0.382. The van der Waals surface area contributed by atoms with Crippen molar-refractivity contribution in [1.29, 1.82) is 0 Å². The van der Waals surface area contributed by atoms with E-state index < -0.39 is 6.04 Å². The molecule has 0 spiro atoms. The Morgan fingerprint density at radius 2 is 1.90 bits per heavy atom. The third-order valence-corrected chi connectivity index (χ3v) is 3.75. The molecule has 2 amide bonds. The third-order valence-electron chi connectivity index (χ3n) is 3.75. The molecule has 0 aliphatic carbocycles. The van der Waals surface area contributed by atoms with Gasteiger partial charge in [0.05, 0.1) is 12.6 Å². The predicted octanol–water partition coefficient (Wildman–Crippen LogP) is 0.317. The smallest absolute Gasteiger partial charge is 0.243 e. The van der Waals surface area contributed by atoms with Crippen LogP contribution < -0.4 is 10.6 Å². The van der Waals surface area contributed by atoms with Crippen LogP contribution in [0, 0.1) is 5.41 Å². The van der Waals surface area contributed by atoms with E-state index in [0.29, 0.717) is 13.0 Å². The fraction of sp³-hybridized carbons (Fsp3) is 0.800. The minimum Gasteiger partial charge on any atom is -0.347 e. The molecule has 1 aliphatic rings. The fourth-order valence-electron chi connectivity index (χ4n) is 2.73. The molecule has 1 rings (SSSR count). The second-order valence-corrected chi connectivity index (χ2v) is 6.70. The highest BCUT2D eigenvalue weighted by Crippen LogP contribution is 2.25. The number of nitrogens with zero attached hydrogens (tertiary/aromatic N) is 1. The first-order chi connectivity index (χ1) is 9.68. The van der Waals surface area contributed by atoms with Gasteiger partial charge in [-0.3, -0.25) is 14.4 Å². The van der Waals surface area contributed by atoms with Crippen molar-refractivity contribution in [2.75, 3.05) is 20.1 Å². The zero-order valence-electron chi connectivity index (χ0n) is 13.7. The van der Waals surface area contributed by atoms with Gasteiger partial charge in [0.25, 0.3) is 0 Å². The van der Waals surface area contributed by atoms with Crippen LogP contribution in [-0.2, 0) is 14.4 Å². The van der Waals surface area contributed by atoms with Crippen LogP contribution in [-0.4, -0.2) is 54.7 Å². The molecule has 2 unspecified atom stereocenters. The molecule has 1 fully saturated rings. The Kier molecular flexibility index (Phi) is 5.89. The third kappa shape index (κ3) is 4.52. The van der Waals surface area contributed by atoms with Crippen molar-refractivity contribution in [1.82, 2.24) is 15.5 Å². The maximum atomic E-state index is 12.7. The predicted molar refractivity (Wildman–Crippen MR) is 80.7 cm³/mol. The lowest BCUT2D eigenvalue weighted by Gasteiger charge is -2.34. The maximum absolute atomic E-state index is 12.7. The van der Waals surface area contributed by atoms with Crippen LogP contribution in [0.1, 0.15) is 40.5 Å². The summed E-state index contributed by atoms with van der Waals surface area (Å²) in [6, 6.07) is -0.797. The molecule has 1 saturated heterocycles. The molecule has 0 radical (unpaired) electrons. The van der Waals surface area contributed by atoms with Gasteiger partial charge in [-0.2, -0.15) is 0 Å². The van der Waals surface area contributed by atoms with E-state index in [1.165, 1.54) is 6.92 Å². The largest absolute Gasteiger partial charge is 0.347 e. The zero-order valence-corrected chi connectivity index (χ0v) is 13.7. The lowest BCUT2D eigenvalue weighted by Crippen LogP contribution is -2.56. The highest BCUT2D eigenvalue weighted by Gasteiger charge is 2.40. The Hall–Kier alpha value is -1.43. The van der Waals surface area contributed by atoms with E-state index in [4.69, 9.17) is 0 Å². The average molecular weight is 297 g/mol. The first kappa shape index (κ1) is 17.6. The maximum Gasteiger partial charge on any atom is 0.243 e. The lowest BCUT2D eigenvalue weighted by molar-refractivity contribution is -0.142. The monoisotopic (exact) mass is 297 g/mol. The summed E-state index contributed by atoms with van der Waals surface area (Å²) < 4.78 is 0. The van der Waals surface area contributed by atoms with Crippen molar-refractivity contribution in [2.24, 2.45) is 5.41 Å². The number of ketones is 1. The summed E-state index contributed by atoms with van der Waals surface area (Å²) in [6.07, 6.45) is 1.46. The molecule has 1 heterocycles. The molecule has 2 atom stereocenters. The molecule has 120 valence electrons. The molecule has 1 aliphatic heterocycles. The molecular formula is C15H27N3O3. The van der Waals surface area contributed by atoms with Gasteiger partial charge in [-0.25, -0.2) is 0 Å². The van der Waals surface area contributed by atoms with Crippen LogP contribution in [0.25, 0.3) is 0 Å². The number of nitrogens with one attached hydrogen (secondary N) is 2. The molecule has 21 heavy (non-hydrogen) atoms. The summed E-state index contributed by atoms with van der Waals surface area (Å²) in [6.45, 7) is 8.01. The molecule has 0 aromatic heterocycles. The Labute approximate surface area is 126 Å². The quantitative estimate of drug-likeness (QED) is 0.766. The van der Waals surface area contributed by atoms with Crippen LogP contribution in [0.15, 0.2) is 0 Å². The van der Waals surface area contributed by atoms with E-state index >= 15 is 0 Å². The topological polar surface area (TPSA) is 78.5 Å². The second-order valence-electron chi connectivity index (χ2n) is 6.70. The number of Topliss-reactive ketones (excluding diaryl/α,β-unsaturated/α-hetero) is 1. The fourth-order valence-corrected chi connectivity index (χ4v) is 2.73. The molecule has 6 heteroatoms. The van der Waals surface area contributed by atoms with E-state index in [1.807, 2.05) is 20.8 Å². The van der Waals surface area contributed by atoms with E-state index in [1.54, 1.807) is 11.9 Å². The van der Waals surface area contributed by atoms with E-state index in [9.17, 15) is 14.4 Å². The summed E-state index contributed by atoms with van der Waals surface area (Å²) in [5.41, 5.74) is -0.227. The number of rotatable bonds is 5. The van der Waals surface area contributed by atoms with Gasteiger partial charge in [-0.15, -0.1) is 0 Å². The second kappa shape index (κ2) is 7.02. The van der Waals surface area contributed by atoms with Gasteiger partial charge in [0.2, 0.25) is 11.8 Å².